The second-order valence-electron chi connectivity index (χ2n) is 5.20. The van der Waals surface area contributed by atoms with Gasteiger partial charge in [-0.05, 0) is 39.3 Å². The Bertz CT molecular complexity index is 196. The quantitative estimate of drug-likeness (QED) is 0.664. The van der Waals surface area contributed by atoms with Gasteiger partial charge in [0, 0.05) is 18.6 Å². The lowest BCUT2D eigenvalue weighted by molar-refractivity contribution is 0.0355. The Labute approximate surface area is 105 Å². The van der Waals surface area contributed by atoms with E-state index in [9.17, 15) is 5.11 Å². The van der Waals surface area contributed by atoms with Gasteiger partial charge in [-0.1, -0.05) is 6.92 Å². The predicted octanol–water partition coefficient (Wildman–Crippen LogP) is 0.849. The summed E-state index contributed by atoms with van der Waals surface area (Å²) in [6.07, 6.45) is 3.27. The molecule has 0 saturated carbocycles. The van der Waals surface area contributed by atoms with E-state index in [1.54, 1.807) is 0 Å². The van der Waals surface area contributed by atoms with Crippen LogP contribution in [0, 0.1) is 0 Å². The smallest absolute Gasteiger partial charge is 0.0610 e. The van der Waals surface area contributed by atoms with E-state index in [0.717, 1.165) is 58.7 Å². The fourth-order valence-corrected chi connectivity index (χ4v) is 2.17. The van der Waals surface area contributed by atoms with Crippen LogP contribution < -0.4 is 5.32 Å². The maximum absolute atomic E-state index is 9.45. The van der Waals surface area contributed by atoms with Crippen LogP contribution in [-0.2, 0) is 4.74 Å². The van der Waals surface area contributed by atoms with Gasteiger partial charge in [-0.3, -0.25) is 4.90 Å². The number of aliphatic hydroxyl groups excluding tert-OH is 1. The van der Waals surface area contributed by atoms with Crippen LogP contribution in [0.25, 0.3) is 0 Å². The van der Waals surface area contributed by atoms with Crippen molar-refractivity contribution in [1.82, 2.24) is 10.2 Å². The molecule has 102 valence electrons. The molecule has 2 N–H and O–H groups in total. The van der Waals surface area contributed by atoms with Gasteiger partial charge in [0.1, 0.15) is 0 Å². The molecule has 0 radical (unpaired) electrons. The molecule has 1 fully saturated rings. The molecule has 1 saturated heterocycles. The summed E-state index contributed by atoms with van der Waals surface area (Å²) in [4.78, 5) is 2.45. The van der Waals surface area contributed by atoms with Crippen molar-refractivity contribution in [2.24, 2.45) is 0 Å². The Morgan fingerprint density at radius 1 is 1.35 bits per heavy atom. The molecule has 0 bridgehead atoms. The van der Waals surface area contributed by atoms with Gasteiger partial charge in [-0.25, -0.2) is 0 Å². The SMILES string of the molecule is CCCNC(C)(CO)CCCN1CCOCC1. The molecule has 0 aliphatic carbocycles. The molecule has 0 amide bonds. The maximum atomic E-state index is 9.45. The summed E-state index contributed by atoms with van der Waals surface area (Å²) in [5.41, 5.74) is -0.109. The average molecular weight is 244 g/mol. The number of nitrogens with one attached hydrogen (secondary N) is 1. The Morgan fingerprint density at radius 2 is 2.06 bits per heavy atom. The molecular weight excluding hydrogens is 216 g/mol. The Kier molecular flexibility index (Phi) is 7.04. The van der Waals surface area contributed by atoms with Gasteiger partial charge in [0.05, 0.1) is 19.8 Å². The molecule has 1 aliphatic heterocycles. The van der Waals surface area contributed by atoms with Crippen LogP contribution in [0.15, 0.2) is 0 Å². The maximum Gasteiger partial charge on any atom is 0.0610 e. The van der Waals surface area contributed by atoms with E-state index in [0.29, 0.717) is 0 Å². The second-order valence-corrected chi connectivity index (χ2v) is 5.20. The summed E-state index contributed by atoms with van der Waals surface area (Å²) < 4.78 is 5.33. The van der Waals surface area contributed by atoms with Gasteiger partial charge in [0.25, 0.3) is 0 Å². The van der Waals surface area contributed by atoms with Crippen LogP contribution in [0.2, 0.25) is 0 Å². The van der Waals surface area contributed by atoms with Gasteiger partial charge >= 0.3 is 0 Å². The second kappa shape index (κ2) is 8.03. The van der Waals surface area contributed by atoms with Crippen LogP contribution in [-0.4, -0.2) is 61.5 Å². The standard InChI is InChI=1S/C13H28N2O2/c1-3-6-14-13(2,12-16)5-4-7-15-8-10-17-11-9-15/h14,16H,3-12H2,1-2H3. The molecule has 1 rings (SSSR count). The first-order valence-corrected chi connectivity index (χ1v) is 6.86. The highest BCUT2D eigenvalue weighted by Crippen LogP contribution is 2.12. The summed E-state index contributed by atoms with van der Waals surface area (Å²) >= 11 is 0. The lowest BCUT2D eigenvalue weighted by Crippen LogP contribution is -2.46. The van der Waals surface area contributed by atoms with Crippen molar-refractivity contribution in [3.8, 4) is 0 Å². The Hall–Kier alpha value is -0.160. The first kappa shape index (κ1) is 14.9. The van der Waals surface area contributed by atoms with Gasteiger partial charge in [0.15, 0.2) is 0 Å². The molecular formula is C13H28N2O2. The summed E-state index contributed by atoms with van der Waals surface area (Å²) in [6.45, 7) is 10.4. The summed E-state index contributed by atoms with van der Waals surface area (Å²) in [6, 6.07) is 0. The van der Waals surface area contributed by atoms with Crippen molar-refractivity contribution in [3.63, 3.8) is 0 Å². The first-order valence-electron chi connectivity index (χ1n) is 6.86. The minimum absolute atomic E-state index is 0.109. The molecule has 0 aromatic carbocycles. The number of hydrogen-bond donors (Lipinski definition) is 2. The van der Waals surface area contributed by atoms with Crippen molar-refractivity contribution in [1.29, 1.82) is 0 Å². The van der Waals surface area contributed by atoms with Crippen molar-refractivity contribution >= 4 is 0 Å². The van der Waals surface area contributed by atoms with Crippen molar-refractivity contribution in [2.75, 3.05) is 46.0 Å². The highest BCUT2D eigenvalue weighted by atomic mass is 16.5. The molecule has 4 nitrogen and oxygen atoms in total. The zero-order valence-corrected chi connectivity index (χ0v) is 11.4. The molecule has 4 heteroatoms. The van der Waals surface area contributed by atoms with Crippen LogP contribution in [0.1, 0.15) is 33.1 Å². The monoisotopic (exact) mass is 244 g/mol. The number of hydrogen-bond acceptors (Lipinski definition) is 4. The summed E-state index contributed by atoms with van der Waals surface area (Å²) in [7, 11) is 0. The lowest BCUT2D eigenvalue weighted by Gasteiger charge is -2.31. The van der Waals surface area contributed by atoms with Crippen LogP contribution >= 0.6 is 0 Å². The van der Waals surface area contributed by atoms with Gasteiger partial charge in [-0.2, -0.15) is 0 Å². The largest absolute Gasteiger partial charge is 0.394 e. The van der Waals surface area contributed by atoms with Crippen LogP contribution in [0.3, 0.4) is 0 Å². The van der Waals surface area contributed by atoms with Gasteiger partial charge in [-0.15, -0.1) is 0 Å². The highest BCUT2D eigenvalue weighted by molar-refractivity contribution is 4.82. The molecule has 17 heavy (non-hydrogen) atoms. The molecule has 1 atom stereocenters. The van der Waals surface area contributed by atoms with Crippen LogP contribution in [0.4, 0.5) is 0 Å². The summed E-state index contributed by atoms with van der Waals surface area (Å²) in [5.74, 6) is 0. The fourth-order valence-electron chi connectivity index (χ4n) is 2.17. The van der Waals surface area contributed by atoms with E-state index in [1.807, 2.05) is 0 Å². The molecule has 1 unspecified atom stereocenters. The summed E-state index contributed by atoms with van der Waals surface area (Å²) in [5, 5.41) is 12.9. The van der Waals surface area contributed by atoms with Gasteiger partial charge in [0.2, 0.25) is 0 Å². The molecule has 1 heterocycles. The van der Waals surface area contributed by atoms with E-state index in [1.165, 1.54) is 0 Å². The number of nitrogens with zero attached hydrogens (tertiary/aromatic N) is 1. The third-order valence-corrected chi connectivity index (χ3v) is 3.46. The van der Waals surface area contributed by atoms with Crippen molar-refractivity contribution < 1.29 is 9.84 Å². The van der Waals surface area contributed by atoms with E-state index in [2.05, 4.69) is 24.1 Å². The molecule has 0 aromatic rings. The zero-order chi connectivity index (χ0) is 12.6. The van der Waals surface area contributed by atoms with Crippen molar-refractivity contribution in [3.05, 3.63) is 0 Å². The minimum atomic E-state index is -0.109. The average Bonchev–Trinajstić information content (AvgIpc) is 2.38. The predicted molar refractivity (Wildman–Crippen MR) is 70.3 cm³/mol. The first-order chi connectivity index (χ1) is 8.20. The third kappa shape index (κ3) is 5.82. The molecule has 0 aromatic heterocycles. The van der Waals surface area contributed by atoms with E-state index >= 15 is 0 Å². The van der Waals surface area contributed by atoms with E-state index < -0.39 is 0 Å². The topological polar surface area (TPSA) is 44.7 Å². The zero-order valence-electron chi connectivity index (χ0n) is 11.4. The fraction of sp³-hybridized carbons (Fsp3) is 1.00. The normalized spacial score (nSPS) is 21.4. The number of ether oxygens (including phenoxy) is 1. The molecule has 1 aliphatic rings. The highest BCUT2D eigenvalue weighted by Gasteiger charge is 2.22. The van der Waals surface area contributed by atoms with Gasteiger partial charge < -0.3 is 15.2 Å². The molecule has 0 spiro atoms. The van der Waals surface area contributed by atoms with Crippen LogP contribution in [0.5, 0.6) is 0 Å². The van der Waals surface area contributed by atoms with E-state index in [-0.39, 0.29) is 12.1 Å². The minimum Gasteiger partial charge on any atom is -0.394 e. The Morgan fingerprint density at radius 3 is 2.65 bits per heavy atom. The number of morpholine rings is 1. The number of rotatable bonds is 8. The lowest BCUT2D eigenvalue weighted by atomic mass is 9.96. The number of aliphatic hydroxyl groups is 1. The van der Waals surface area contributed by atoms with E-state index in [4.69, 9.17) is 4.74 Å². The van der Waals surface area contributed by atoms with Crippen molar-refractivity contribution in [2.45, 2.75) is 38.6 Å². The Balaban J connectivity index is 2.17. The third-order valence-electron chi connectivity index (χ3n) is 3.46.